The lowest BCUT2D eigenvalue weighted by atomic mass is 9.97. The van der Waals surface area contributed by atoms with Crippen molar-refractivity contribution in [3.63, 3.8) is 0 Å². The van der Waals surface area contributed by atoms with Gasteiger partial charge in [-0.05, 0) is 38.8 Å². The lowest BCUT2D eigenvalue weighted by Crippen LogP contribution is -2.62. The zero-order chi connectivity index (χ0) is 14.7. The van der Waals surface area contributed by atoms with Crippen LogP contribution in [-0.4, -0.2) is 48.1 Å². The average Bonchev–Trinajstić information content (AvgIpc) is 2.45. The van der Waals surface area contributed by atoms with Gasteiger partial charge in [-0.15, -0.1) is 0 Å². The largest absolute Gasteiger partial charge is 0.296 e. The Balaban J connectivity index is 1.47. The number of likely N-dealkylation sites (tertiary alicyclic amines) is 2. The Morgan fingerprint density at radius 2 is 1.95 bits per heavy atom. The van der Waals surface area contributed by atoms with E-state index in [2.05, 4.69) is 60.1 Å². The maximum atomic E-state index is 2.75. The highest BCUT2D eigenvalue weighted by molar-refractivity contribution is 5.52. The first-order valence-electron chi connectivity index (χ1n) is 8.42. The first-order chi connectivity index (χ1) is 10.2. The molecule has 1 aromatic carbocycles. The quantitative estimate of drug-likeness (QED) is 0.833. The second-order valence-corrected chi connectivity index (χ2v) is 6.83. The fourth-order valence-electron chi connectivity index (χ4n) is 3.78. The highest BCUT2D eigenvalue weighted by Gasteiger charge is 2.34. The highest BCUT2D eigenvalue weighted by Crippen LogP contribution is 2.25. The molecule has 1 atom stereocenters. The van der Waals surface area contributed by atoms with Crippen molar-refractivity contribution in [1.82, 2.24) is 9.80 Å². The molecule has 2 heterocycles. The van der Waals surface area contributed by atoms with Crippen LogP contribution >= 0.6 is 0 Å². The first-order valence-corrected chi connectivity index (χ1v) is 8.42. The zero-order valence-electron chi connectivity index (χ0n) is 13.5. The lowest BCUT2D eigenvalue weighted by molar-refractivity contribution is 0.00260. The van der Waals surface area contributed by atoms with Gasteiger partial charge in [-0.3, -0.25) is 9.80 Å². The third-order valence-corrected chi connectivity index (χ3v) is 4.95. The molecule has 2 aliphatic rings. The van der Waals surface area contributed by atoms with Crippen molar-refractivity contribution in [3.05, 3.63) is 41.5 Å². The molecule has 21 heavy (non-hydrogen) atoms. The first kappa shape index (κ1) is 14.8. The van der Waals surface area contributed by atoms with Crippen LogP contribution in [0.2, 0.25) is 0 Å². The highest BCUT2D eigenvalue weighted by atomic mass is 15.3. The van der Waals surface area contributed by atoms with E-state index >= 15 is 0 Å². The van der Waals surface area contributed by atoms with E-state index in [1.165, 1.54) is 50.0 Å². The maximum Gasteiger partial charge on any atom is 0.0353 e. The minimum Gasteiger partial charge on any atom is -0.296 e. The SMILES string of the molecule is C/C(=C\c1ccccc1)CN1CC(N2CCCC[C@H]2C)C1. The number of piperidine rings is 1. The van der Waals surface area contributed by atoms with E-state index in [0.717, 1.165) is 18.6 Å². The number of hydrogen-bond acceptors (Lipinski definition) is 2. The van der Waals surface area contributed by atoms with Crippen LogP contribution in [0.15, 0.2) is 35.9 Å². The molecule has 114 valence electrons. The molecule has 0 saturated carbocycles. The van der Waals surface area contributed by atoms with Gasteiger partial charge in [0.25, 0.3) is 0 Å². The molecule has 0 radical (unpaired) electrons. The summed E-state index contributed by atoms with van der Waals surface area (Å²) in [5.41, 5.74) is 2.78. The van der Waals surface area contributed by atoms with Crippen LogP contribution in [0.5, 0.6) is 0 Å². The molecule has 0 unspecified atom stereocenters. The summed E-state index contributed by atoms with van der Waals surface area (Å²) in [5.74, 6) is 0. The molecule has 0 spiro atoms. The van der Waals surface area contributed by atoms with Gasteiger partial charge < -0.3 is 0 Å². The Labute approximate surface area is 129 Å². The van der Waals surface area contributed by atoms with Crippen molar-refractivity contribution in [1.29, 1.82) is 0 Å². The molecule has 2 saturated heterocycles. The van der Waals surface area contributed by atoms with Crippen molar-refractivity contribution >= 4 is 6.08 Å². The monoisotopic (exact) mass is 284 g/mol. The molecular formula is C19H28N2. The van der Waals surface area contributed by atoms with E-state index in [4.69, 9.17) is 0 Å². The van der Waals surface area contributed by atoms with E-state index in [-0.39, 0.29) is 0 Å². The van der Waals surface area contributed by atoms with Crippen LogP contribution in [-0.2, 0) is 0 Å². The molecule has 0 bridgehead atoms. The Bertz CT molecular complexity index is 474. The lowest BCUT2D eigenvalue weighted by Gasteiger charge is -2.49. The minimum absolute atomic E-state index is 0.798. The summed E-state index contributed by atoms with van der Waals surface area (Å²) in [5, 5.41) is 0. The Morgan fingerprint density at radius 1 is 1.19 bits per heavy atom. The van der Waals surface area contributed by atoms with Crippen LogP contribution in [0.4, 0.5) is 0 Å². The topological polar surface area (TPSA) is 6.48 Å². The van der Waals surface area contributed by atoms with Crippen molar-refractivity contribution < 1.29 is 0 Å². The van der Waals surface area contributed by atoms with Crippen molar-refractivity contribution in [2.45, 2.75) is 45.2 Å². The van der Waals surface area contributed by atoms with E-state index in [1.54, 1.807) is 0 Å². The molecule has 2 nitrogen and oxygen atoms in total. The molecule has 0 aromatic heterocycles. The van der Waals surface area contributed by atoms with Gasteiger partial charge in [0, 0.05) is 31.7 Å². The Morgan fingerprint density at radius 3 is 2.67 bits per heavy atom. The summed E-state index contributed by atoms with van der Waals surface area (Å²) >= 11 is 0. The molecule has 0 aliphatic carbocycles. The van der Waals surface area contributed by atoms with Gasteiger partial charge in [0.05, 0.1) is 0 Å². The molecule has 0 N–H and O–H groups in total. The summed E-state index contributed by atoms with van der Waals surface area (Å²) in [6.45, 7) is 9.60. The predicted octanol–water partition coefficient (Wildman–Crippen LogP) is 3.65. The predicted molar refractivity (Wildman–Crippen MR) is 90.3 cm³/mol. The van der Waals surface area contributed by atoms with Crippen LogP contribution < -0.4 is 0 Å². The van der Waals surface area contributed by atoms with Gasteiger partial charge in [-0.2, -0.15) is 0 Å². The molecule has 3 rings (SSSR count). The number of rotatable bonds is 4. The van der Waals surface area contributed by atoms with Gasteiger partial charge in [-0.1, -0.05) is 48.4 Å². The summed E-state index contributed by atoms with van der Waals surface area (Å²) in [4.78, 5) is 5.33. The fraction of sp³-hybridized carbons (Fsp3) is 0.579. The van der Waals surface area contributed by atoms with E-state index < -0.39 is 0 Å². The number of hydrogen-bond donors (Lipinski definition) is 0. The second-order valence-electron chi connectivity index (χ2n) is 6.83. The van der Waals surface area contributed by atoms with Crippen molar-refractivity contribution in [2.75, 3.05) is 26.2 Å². The van der Waals surface area contributed by atoms with E-state index in [1.807, 2.05) is 0 Å². The maximum absolute atomic E-state index is 2.75. The van der Waals surface area contributed by atoms with Crippen LogP contribution in [0.3, 0.4) is 0 Å². The van der Waals surface area contributed by atoms with Crippen LogP contribution in [0.1, 0.15) is 38.7 Å². The molecule has 2 heteroatoms. The van der Waals surface area contributed by atoms with Crippen LogP contribution in [0, 0.1) is 0 Å². The van der Waals surface area contributed by atoms with E-state index in [0.29, 0.717) is 0 Å². The Hall–Kier alpha value is -1.12. The molecule has 1 aromatic rings. The third-order valence-electron chi connectivity index (χ3n) is 4.95. The summed E-state index contributed by atoms with van der Waals surface area (Å²) in [7, 11) is 0. The summed E-state index contributed by atoms with van der Waals surface area (Å²) < 4.78 is 0. The third kappa shape index (κ3) is 3.75. The van der Waals surface area contributed by atoms with Gasteiger partial charge >= 0.3 is 0 Å². The van der Waals surface area contributed by atoms with Gasteiger partial charge in [0.15, 0.2) is 0 Å². The van der Waals surface area contributed by atoms with Crippen molar-refractivity contribution in [2.24, 2.45) is 0 Å². The minimum atomic E-state index is 0.798. The Kier molecular flexibility index (Phi) is 4.77. The normalized spacial score (nSPS) is 25.8. The van der Waals surface area contributed by atoms with E-state index in [9.17, 15) is 0 Å². The molecule has 0 amide bonds. The average molecular weight is 284 g/mol. The van der Waals surface area contributed by atoms with Gasteiger partial charge in [0.1, 0.15) is 0 Å². The number of nitrogens with zero attached hydrogens (tertiary/aromatic N) is 2. The molecule has 2 fully saturated rings. The van der Waals surface area contributed by atoms with Gasteiger partial charge in [0.2, 0.25) is 0 Å². The zero-order valence-corrected chi connectivity index (χ0v) is 13.5. The number of benzene rings is 1. The standard InChI is InChI=1S/C19H28N2/c1-16(12-18-9-4-3-5-10-18)13-20-14-19(15-20)21-11-7-6-8-17(21)2/h3-5,9-10,12,17,19H,6-8,11,13-15H2,1-2H3/b16-12+/t17-/m1/s1. The summed E-state index contributed by atoms with van der Waals surface area (Å²) in [6.07, 6.45) is 6.53. The van der Waals surface area contributed by atoms with Gasteiger partial charge in [-0.25, -0.2) is 0 Å². The second kappa shape index (κ2) is 6.76. The summed E-state index contributed by atoms with van der Waals surface area (Å²) in [6, 6.07) is 12.3. The fourth-order valence-corrected chi connectivity index (χ4v) is 3.78. The molecule has 2 aliphatic heterocycles. The van der Waals surface area contributed by atoms with Crippen molar-refractivity contribution in [3.8, 4) is 0 Å². The smallest absolute Gasteiger partial charge is 0.0353 e. The molecular weight excluding hydrogens is 256 g/mol. The van der Waals surface area contributed by atoms with Crippen LogP contribution in [0.25, 0.3) is 6.08 Å².